The molecule has 100 valence electrons. The summed E-state index contributed by atoms with van der Waals surface area (Å²) in [5.74, 6) is 1.72. The molecular formula is C15H20N4. The molecule has 0 unspecified atom stereocenters. The van der Waals surface area contributed by atoms with E-state index in [0.717, 1.165) is 44.1 Å². The van der Waals surface area contributed by atoms with Crippen LogP contribution in [0, 0.1) is 5.92 Å². The number of rotatable bonds is 3. The zero-order valence-corrected chi connectivity index (χ0v) is 11.1. The number of piperidine rings is 1. The van der Waals surface area contributed by atoms with Gasteiger partial charge in [0.15, 0.2) is 0 Å². The van der Waals surface area contributed by atoms with Gasteiger partial charge in [-0.2, -0.15) is 0 Å². The number of para-hydroxylation sites is 1. The lowest BCUT2D eigenvalue weighted by atomic mass is 9.97. The Morgan fingerprint density at radius 3 is 2.58 bits per heavy atom. The number of nitrogens with two attached hydrogens (primary N) is 1. The van der Waals surface area contributed by atoms with Crippen molar-refractivity contribution in [3.8, 4) is 5.69 Å². The summed E-state index contributed by atoms with van der Waals surface area (Å²) in [6.07, 6.45) is 6.23. The fourth-order valence-electron chi connectivity index (χ4n) is 2.69. The van der Waals surface area contributed by atoms with Gasteiger partial charge in [0.2, 0.25) is 5.95 Å². The molecule has 0 aliphatic carbocycles. The fraction of sp³-hybridized carbons (Fsp3) is 0.400. The number of imidazole rings is 1. The number of hydrogen-bond donors (Lipinski definition) is 1. The molecule has 4 nitrogen and oxygen atoms in total. The number of hydrogen-bond acceptors (Lipinski definition) is 3. The first-order valence-corrected chi connectivity index (χ1v) is 6.92. The Morgan fingerprint density at radius 1 is 1.16 bits per heavy atom. The van der Waals surface area contributed by atoms with E-state index in [2.05, 4.69) is 38.7 Å². The molecule has 1 aliphatic heterocycles. The van der Waals surface area contributed by atoms with Crippen LogP contribution < -0.4 is 10.6 Å². The average molecular weight is 256 g/mol. The largest absolute Gasteiger partial charge is 0.342 e. The number of nitrogens with zero attached hydrogens (tertiary/aromatic N) is 3. The summed E-state index contributed by atoms with van der Waals surface area (Å²) in [5.41, 5.74) is 6.91. The van der Waals surface area contributed by atoms with E-state index in [1.54, 1.807) is 0 Å². The third kappa shape index (κ3) is 2.49. The smallest absolute Gasteiger partial charge is 0.210 e. The van der Waals surface area contributed by atoms with Crippen molar-refractivity contribution in [2.45, 2.75) is 12.8 Å². The van der Waals surface area contributed by atoms with Crippen LogP contribution in [-0.2, 0) is 0 Å². The molecule has 2 heterocycles. The maximum absolute atomic E-state index is 5.75. The second-order valence-electron chi connectivity index (χ2n) is 5.10. The lowest BCUT2D eigenvalue weighted by Gasteiger charge is -2.32. The Bertz CT molecular complexity index is 512. The maximum Gasteiger partial charge on any atom is 0.210 e. The van der Waals surface area contributed by atoms with Crippen molar-refractivity contribution in [3.63, 3.8) is 0 Å². The average Bonchev–Trinajstić information content (AvgIpc) is 2.98. The molecule has 1 saturated heterocycles. The second kappa shape index (κ2) is 5.45. The minimum absolute atomic E-state index is 0.677. The normalized spacial score (nSPS) is 16.8. The first kappa shape index (κ1) is 12.2. The summed E-state index contributed by atoms with van der Waals surface area (Å²) in [6, 6.07) is 10.4. The highest BCUT2D eigenvalue weighted by Crippen LogP contribution is 2.23. The molecule has 0 amide bonds. The number of anilines is 1. The van der Waals surface area contributed by atoms with Crippen molar-refractivity contribution in [1.29, 1.82) is 0 Å². The molecule has 0 saturated carbocycles. The van der Waals surface area contributed by atoms with Crippen molar-refractivity contribution in [1.82, 2.24) is 9.55 Å². The highest BCUT2D eigenvalue weighted by Gasteiger charge is 2.21. The van der Waals surface area contributed by atoms with Gasteiger partial charge in [-0.25, -0.2) is 4.98 Å². The summed E-state index contributed by atoms with van der Waals surface area (Å²) in [6.45, 7) is 2.90. The number of benzene rings is 1. The Balaban J connectivity index is 1.81. The Labute approximate surface area is 113 Å². The van der Waals surface area contributed by atoms with E-state index >= 15 is 0 Å². The summed E-state index contributed by atoms with van der Waals surface area (Å²) in [4.78, 5) is 6.89. The van der Waals surface area contributed by atoms with Crippen molar-refractivity contribution in [2.24, 2.45) is 11.7 Å². The van der Waals surface area contributed by atoms with Crippen LogP contribution in [0.15, 0.2) is 42.7 Å². The van der Waals surface area contributed by atoms with E-state index < -0.39 is 0 Å². The summed E-state index contributed by atoms with van der Waals surface area (Å²) >= 11 is 0. The molecule has 1 aromatic heterocycles. The molecule has 3 rings (SSSR count). The van der Waals surface area contributed by atoms with Crippen LogP contribution in [0.1, 0.15) is 12.8 Å². The predicted molar refractivity (Wildman–Crippen MR) is 77.6 cm³/mol. The topological polar surface area (TPSA) is 47.1 Å². The molecule has 0 atom stereocenters. The molecule has 0 radical (unpaired) electrons. The van der Waals surface area contributed by atoms with Gasteiger partial charge in [-0.1, -0.05) is 18.2 Å². The quantitative estimate of drug-likeness (QED) is 0.914. The third-order valence-electron chi connectivity index (χ3n) is 3.89. The van der Waals surface area contributed by atoms with Crippen molar-refractivity contribution in [3.05, 3.63) is 42.7 Å². The van der Waals surface area contributed by atoms with Gasteiger partial charge in [0.25, 0.3) is 0 Å². The Hall–Kier alpha value is -1.81. The summed E-state index contributed by atoms with van der Waals surface area (Å²) in [7, 11) is 0. The Kier molecular flexibility index (Phi) is 3.51. The molecule has 1 aromatic carbocycles. The van der Waals surface area contributed by atoms with E-state index in [4.69, 9.17) is 5.73 Å². The molecule has 2 aromatic rings. The van der Waals surface area contributed by atoms with Crippen LogP contribution in [-0.4, -0.2) is 29.2 Å². The van der Waals surface area contributed by atoms with Crippen molar-refractivity contribution in [2.75, 3.05) is 24.5 Å². The minimum atomic E-state index is 0.677. The van der Waals surface area contributed by atoms with Gasteiger partial charge in [0, 0.05) is 31.2 Å². The fourth-order valence-corrected chi connectivity index (χ4v) is 2.69. The van der Waals surface area contributed by atoms with E-state index in [9.17, 15) is 0 Å². The van der Waals surface area contributed by atoms with Crippen LogP contribution in [0.25, 0.3) is 5.69 Å². The molecule has 19 heavy (non-hydrogen) atoms. The molecular weight excluding hydrogens is 236 g/mol. The van der Waals surface area contributed by atoms with Gasteiger partial charge >= 0.3 is 0 Å². The van der Waals surface area contributed by atoms with Crippen LogP contribution in [0.2, 0.25) is 0 Å². The predicted octanol–water partition coefficient (Wildman–Crippen LogP) is 2.05. The highest BCUT2D eigenvalue weighted by atomic mass is 15.3. The van der Waals surface area contributed by atoms with Gasteiger partial charge < -0.3 is 10.6 Å². The van der Waals surface area contributed by atoms with Crippen LogP contribution in [0.5, 0.6) is 0 Å². The van der Waals surface area contributed by atoms with Crippen molar-refractivity contribution < 1.29 is 0 Å². The SMILES string of the molecule is NCC1CCN(c2nccn2-c2ccccc2)CC1. The standard InChI is InChI=1S/C15H20N4/c16-12-13-6-9-18(10-7-13)15-17-8-11-19(15)14-4-2-1-3-5-14/h1-5,8,11,13H,6-7,9-10,12,16H2. The maximum atomic E-state index is 5.75. The summed E-state index contributed by atoms with van der Waals surface area (Å²) < 4.78 is 2.16. The lowest BCUT2D eigenvalue weighted by molar-refractivity contribution is 0.410. The highest BCUT2D eigenvalue weighted by molar-refractivity contribution is 5.43. The summed E-state index contributed by atoms with van der Waals surface area (Å²) in [5, 5.41) is 0. The molecule has 4 heteroatoms. The first-order chi connectivity index (χ1) is 9.38. The second-order valence-corrected chi connectivity index (χ2v) is 5.10. The number of aromatic nitrogens is 2. The molecule has 2 N–H and O–H groups in total. The molecule has 0 spiro atoms. The van der Waals surface area contributed by atoms with Crippen LogP contribution in [0.3, 0.4) is 0 Å². The third-order valence-corrected chi connectivity index (χ3v) is 3.89. The minimum Gasteiger partial charge on any atom is -0.342 e. The molecule has 0 bridgehead atoms. The van der Waals surface area contributed by atoms with E-state index in [1.165, 1.54) is 0 Å². The zero-order valence-electron chi connectivity index (χ0n) is 11.1. The van der Waals surface area contributed by atoms with E-state index in [1.807, 2.05) is 18.5 Å². The van der Waals surface area contributed by atoms with E-state index in [0.29, 0.717) is 5.92 Å². The van der Waals surface area contributed by atoms with E-state index in [-0.39, 0.29) is 0 Å². The zero-order chi connectivity index (χ0) is 13.1. The van der Waals surface area contributed by atoms with Gasteiger partial charge in [-0.3, -0.25) is 4.57 Å². The van der Waals surface area contributed by atoms with Gasteiger partial charge in [0.05, 0.1) is 0 Å². The first-order valence-electron chi connectivity index (χ1n) is 6.92. The van der Waals surface area contributed by atoms with Crippen LogP contribution >= 0.6 is 0 Å². The monoisotopic (exact) mass is 256 g/mol. The van der Waals surface area contributed by atoms with Gasteiger partial charge in [-0.05, 0) is 37.4 Å². The lowest BCUT2D eigenvalue weighted by Crippen LogP contribution is -2.37. The van der Waals surface area contributed by atoms with Crippen LogP contribution in [0.4, 0.5) is 5.95 Å². The molecule has 1 fully saturated rings. The van der Waals surface area contributed by atoms with Gasteiger partial charge in [0.1, 0.15) is 0 Å². The Morgan fingerprint density at radius 2 is 1.89 bits per heavy atom. The van der Waals surface area contributed by atoms with Gasteiger partial charge in [-0.15, -0.1) is 0 Å². The molecule has 1 aliphatic rings. The van der Waals surface area contributed by atoms with Crippen molar-refractivity contribution >= 4 is 5.95 Å².